The van der Waals surface area contributed by atoms with Crippen LogP contribution >= 0.6 is 0 Å². The number of carbonyl (C=O) groups is 1. The summed E-state index contributed by atoms with van der Waals surface area (Å²) < 4.78 is 13.5. The van der Waals surface area contributed by atoms with Crippen LogP contribution in [0, 0.1) is 0 Å². The van der Waals surface area contributed by atoms with Crippen LogP contribution in [0.25, 0.3) is 0 Å². The lowest BCUT2D eigenvalue weighted by molar-refractivity contribution is -0.0949. The third kappa shape index (κ3) is 6.06. The molecule has 1 fully saturated rings. The second kappa shape index (κ2) is 11.5. The number of carboxylic acid groups (broad SMARTS) is 1. The number of amides is 1. The first-order chi connectivity index (χ1) is 17.7. The first-order valence-electron chi connectivity index (χ1n) is 12.9. The number of anilines is 1. The summed E-state index contributed by atoms with van der Waals surface area (Å²) in [7, 11) is -2.75. The zero-order valence-corrected chi connectivity index (χ0v) is 23.0. The normalized spacial score (nSPS) is 18.5. The number of rotatable bonds is 8. The average Bonchev–Trinajstić information content (AvgIpc) is 2.89. The fourth-order valence-electron chi connectivity index (χ4n) is 5.39. The molecular formula is C30H38N2O4Si. The van der Waals surface area contributed by atoms with Crippen molar-refractivity contribution < 1.29 is 19.1 Å². The number of hydrogen-bond acceptors (Lipinski definition) is 4. The highest BCUT2D eigenvalue weighted by atomic mass is 28.4. The monoisotopic (exact) mass is 518 g/mol. The Labute approximate surface area is 221 Å². The lowest BCUT2D eigenvalue weighted by atomic mass is 10.0. The Kier molecular flexibility index (Phi) is 8.37. The summed E-state index contributed by atoms with van der Waals surface area (Å²) in [5.41, 5.74) is 7.93. The summed E-state index contributed by atoms with van der Waals surface area (Å²) in [4.78, 5) is 13.5. The van der Waals surface area contributed by atoms with Gasteiger partial charge in [0.1, 0.15) is 0 Å². The maximum Gasteiger partial charge on any atom is 0.407 e. The molecule has 1 aliphatic rings. The van der Waals surface area contributed by atoms with E-state index < -0.39 is 14.4 Å². The maximum absolute atomic E-state index is 12.0. The molecule has 196 valence electrons. The summed E-state index contributed by atoms with van der Waals surface area (Å²) in [6.45, 7) is 7.66. The number of hydrogen-bond donors (Lipinski definition) is 2. The van der Waals surface area contributed by atoms with Crippen molar-refractivity contribution in [2.75, 3.05) is 25.4 Å². The summed E-state index contributed by atoms with van der Waals surface area (Å²) in [6, 6.07) is 28.7. The number of aryl methyl sites for hydroxylation is 1. The van der Waals surface area contributed by atoms with E-state index in [1.165, 1.54) is 15.3 Å². The molecule has 1 aliphatic heterocycles. The van der Waals surface area contributed by atoms with Gasteiger partial charge in [0.15, 0.2) is 0 Å². The largest absolute Gasteiger partial charge is 0.465 e. The minimum atomic E-state index is -2.75. The van der Waals surface area contributed by atoms with Crippen molar-refractivity contribution in [1.82, 2.24) is 4.90 Å². The van der Waals surface area contributed by atoms with E-state index in [4.69, 9.17) is 14.9 Å². The standard InChI is InChI=1S/C30H38N2O4Si/c1-30(2,3)37(26-13-6-4-7-14-26,27-15-8-5-9-16-27)35-22-25-21-32(29(33)34)20-24(36-25)19-18-23-12-10-11-17-28(23)31/h4-17,24-25H,18-22,31H2,1-3H3,(H,33,34). The smallest absolute Gasteiger partial charge is 0.407 e. The van der Waals surface area contributed by atoms with Gasteiger partial charge in [-0.25, -0.2) is 4.79 Å². The Hall–Kier alpha value is -3.13. The maximum atomic E-state index is 12.0. The van der Waals surface area contributed by atoms with Crippen molar-refractivity contribution in [2.45, 2.75) is 50.9 Å². The van der Waals surface area contributed by atoms with E-state index >= 15 is 0 Å². The fourth-order valence-corrected chi connectivity index (χ4v) is 9.98. The van der Waals surface area contributed by atoms with Gasteiger partial charge in [0.2, 0.25) is 0 Å². The molecule has 2 unspecified atom stereocenters. The van der Waals surface area contributed by atoms with Gasteiger partial charge in [0, 0.05) is 5.69 Å². The first-order valence-corrected chi connectivity index (χ1v) is 14.8. The topological polar surface area (TPSA) is 85.0 Å². The van der Waals surface area contributed by atoms with Gasteiger partial charge in [-0.1, -0.05) is 99.6 Å². The van der Waals surface area contributed by atoms with Gasteiger partial charge in [-0.3, -0.25) is 0 Å². The number of nitrogen functional groups attached to an aromatic ring is 1. The molecule has 0 aliphatic carbocycles. The Morgan fingerprint density at radius 3 is 2.03 bits per heavy atom. The van der Waals surface area contributed by atoms with Crippen molar-refractivity contribution in [3.8, 4) is 0 Å². The lowest BCUT2D eigenvalue weighted by Gasteiger charge is -2.45. The minimum Gasteiger partial charge on any atom is -0.465 e. The van der Waals surface area contributed by atoms with E-state index in [1.54, 1.807) is 0 Å². The van der Waals surface area contributed by atoms with E-state index in [2.05, 4.69) is 69.3 Å². The molecule has 3 N–H and O–H groups in total. The third-order valence-corrected chi connectivity index (χ3v) is 12.2. The molecule has 7 heteroatoms. The quantitative estimate of drug-likeness (QED) is 0.338. The van der Waals surface area contributed by atoms with Crippen LogP contribution in [-0.2, 0) is 15.6 Å². The van der Waals surface area contributed by atoms with E-state index in [1.807, 2.05) is 36.4 Å². The molecule has 1 saturated heterocycles. The van der Waals surface area contributed by atoms with Crippen LogP contribution in [0.1, 0.15) is 32.8 Å². The Bertz CT molecular complexity index is 1130. The third-order valence-electron chi connectivity index (χ3n) is 7.20. The number of para-hydroxylation sites is 1. The summed E-state index contributed by atoms with van der Waals surface area (Å²) in [5, 5.41) is 12.1. The summed E-state index contributed by atoms with van der Waals surface area (Å²) in [6.07, 6.45) is -0.0920. The molecule has 0 saturated carbocycles. The van der Waals surface area contributed by atoms with Gasteiger partial charge in [0.25, 0.3) is 8.32 Å². The van der Waals surface area contributed by atoms with Gasteiger partial charge < -0.3 is 24.9 Å². The van der Waals surface area contributed by atoms with Gasteiger partial charge >= 0.3 is 6.09 Å². The predicted molar refractivity (Wildman–Crippen MR) is 151 cm³/mol. The molecule has 0 aromatic heterocycles. The molecule has 0 bridgehead atoms. The zero-order chi connectivity index (χ0) is 26.5. The van der Waals surface area contributed by atoms with Crippen molar-refractivity contribution in [3.63, 3.8) is 0 Å². The summed E-state index contributed by atoms with van der Waals surface area (Å²) in [5.74, 6) is 0. The van der Waals surface area contributed by atoms with Crippen LogP contribution in [0.15, 0.2) is 84.9 Å². The number of benzene rings is 3. The van der Waals surface area contributed by atoms with E-state index in [0.29, 0.717) is 19.6 Å². The Morgan fingerprint density at radius 2 is 1.49 bits per heavy atom. The molecule has 4 rings (SSSR count). The van der Waals surface area contributed by atoms with Crippen LogP contribution in [-0.4, -0.2) is 56.3 Å². The van der Waals surface area contributed by atoms with E-state index in [-0.39, 0.29) is 23.8 Å². The van der Waals surface area contributed by atoms with Crippen molar-refractivity contribution in [1.29, 1.82) is 0 Å². The number of nitrogens with zero attached hydrogens (tertiary/aromatic N) is 1. The minimum absolute atomic E-state index is 0.166. The molecular weight excluding hydrogens is 480 g/mol. The van der Waals surface area contributed by atoms with E-state index in [0.717, 1.165) is 17.7 Å². The van der Waals surface area contributed by atoms with Crippen LogP contribution in [0.3, 0.4) is 0 Å². The van der Waals surface area contributed by atoms with Gasteiger partial charge in [-0.05, 0) is 39.9 Å². The van der Waals surface area contributed by atoms with Gasteiger partial charge in [-0.2, -0.15) is 0 Å². The highest BCUT2D eigenvalue weighted by molar-refractivity contribution is 6.99. The molecule has 1 amide bonds. The van der Waals surface area contributed by atoms with Crippen molar-refractivity contribution in [2.24, 2.45) is 0 Å². The highest BCUT2D eigenvalue weighted by Gasteiger charge is 2.50. The second-order valence-corrected chi connectivity index (χ2v) is 15.1. The SMILES string of the molecule is CC(C)(C)[Si](OCC1CN(C(=O)O)CC(CCc2ccccc2N)O1)(c1ccccc1)c1ccccc1. The molecule has 0 spiro atoms. The molecule has 2 atom stereocenters. The first kappa shape index (κ1) is 26.9. The molecule has 6 nitrogen and oxygen atoms in total. The molecule has 0 radical (unpaired) electrons. The van der Waals surface area contributed by atoms with Crippen molar-refractivity contribution >= 4 is 30.5 Å². The molecule has 37 heavy (non-hydrogen) atoms. The molecule has 3 aromatic rings. The van der Waals surface area contributed by atoms with Gasteiger partial charge in [0.05, 0.1) is 31.9 Å². The van der Waals surface area contributed by atoms with Crippen LogP contribution in [0.5, 0.6) is 0 Å². The number of ether oxygens (including phenoxy) is 1. The number of nitrogens with two attached hydrogens (primary N) is 1. The Balaban J connectivity index is 1.58. The fraction of sp³-hybridized carbons (Fsp3) is 0.367. The Morgan fingerprint density at radius 1 is 0.946 bits per heavy atom. The van der Waals surface area contributed by atoms with E-state index in [9.17, 15) is 9.90 Å². The average molecular weight is 519 g/mol. The van der Waals surface area contributed by atoms with Crippen LogP contribution < -0.4 is 16.1 Å². The van der Waals surface area contributed by atoms with Crippen molar-refractivity contribution in [3.05, 3.63) is 90.5 Å². The second-order valence-electron chi connectivity index (χ2n) is 10.8. The molecule has 1 heterocycles. The molecule has 3 aromatic carbocycles. The number of morpholine rings is 1. The van der Waals surface area contributed by atoms with Crippen LogP contribution in [0.2, 0.25) is 5.04 Å². The summed E-state index contributed by atoms with van der Waals surface area (Å²) >= 11 is 0. The lowest BCUT2D eigenvalue weighted by Crippen LogP contribution is -2.67. The van der Waals surface area contributed by atoms with Gasteiger partial charge in [-0.15, -0.1) is 0 Å². The zero-order valence-electron chi connectivity index (χ0n) is 22.0. The predicted octanol–water partition coefficient (Wildman–Crippen LogP) is 4.53. The van der Waals surface area contributed by atoms with Crippen LogP contribution in [0.4, 0.5) is 10.5 Å². The highest BCUT2D eigenvalue weighted by Crippen LogP contribution is 2.37.